The van der Waals surface area contributed by atoms with Gasteiger partial charge in [-0.05, 0) is 18.9 Å². The van der Waals surface area contributed by atoms with Gasteiger partial charge in [0.1, 0.15) is 5.69 Å². The molecule has 1 fully saturated rings. The van der Waals surface area contributed by atoms with E-state index < -0.39 is 0 Å². The highest BCUT2D eigenvalue weighted by Crippen LogP contribution is 2.31. The number of thiazole rings is 1. The molecule has 0 atom stereocenters. The Balaban J connectivity index is 1.50. The molecule has 0 aliphatic carbocycles. The van der Waals surface area contributed by atoms with Gasteiger partial charge in [0, 0.05) is 49.6 Å². The summed E-state index contributed by atoms with van der Waals surface area (Å²) in [7, 11) is 0. The van der Waals surface area contributed by atoms with E-state index in [2.05, 4.69) is 10.3 Å². The first kappa shape index (κ1) is 17.3. The second kappa shape index (κ2) is 8.06. The maximum absolute atomic E-state index is 12.3. The summed E-state index contributed by atoms with van der Waals surface area (Å²) in [6.45, 7) is 1.89. The SMILES string of the molecule is O=C(NCCc1nccs1)C1CCN(c2ccccc2[N+](=O)[O-])CC1. The van der Waals surface area contributed by atoms with Gasteiger partial charge >= 0.3 is 0 Å². The summed E-state index contributed by atoms with van der Waals surface area (Å²) in [6.07, 6.45) is 3.92. The lowest BCUT2D eigenvalue weighted by Gasteiger charge is -2.32. The molecule has 0 radical (unpaired) electrons. The van der Waals surface area contributed by atoms with E-state index in [0.717, 1.165) is 11.4 Å². The molecule has 1 amide bonds. The molecule has 132 valence electrons. The standard InChI is InChI=1S/C17H20N4O3S/c22-17(19-8-5-16-18-9-12-25-16)13-6-10-20(11-7-13)14-3-1-2-4-15(14)21(23)24/h1-4,9,12-13H,5-8,10-11H2,(H,19,22). The number of anilines is 1. The van der Waals surface area contributed by atoms with E-state index in [1.54, 1.807) is 35.7 Å². The minimum atomic E-state index is -0.354. The van der Waals surface area contributed by atoms with Gasteiger partial charge in [-0.1, -0.05) is 12.1 Å². The van der Waals surface area contributed by atoms with Gasteiger partial charge in [-0.2, -0.15) is 0 Å². The third-order valence-electron chi connectivity index (χ3n) is 4.41. The Hall–Kier alpha value is -2.48. The van der Waals surface area contributed by atoms with Crippen molar-refractivity contribution < 1.29 is 9.72 Å². The van der Waals surface area contributed by atoms with Crippen LogP contribution in [0.2, 0.25) is 0 Å². The summed E-state index contributed by atoms with van der Waals surface area (Å²) < 4.78 is 0. The third kappa shape index (κ3) is 4.33. The molecule has 0 spiro atoms. The second-order valence-electron chi connectivity index (χ2n) is 5.97. The fourth-order valence-corrected chi connectivity index (χ4v) is 3.70. The molecule has 7 nitrogen and oxygen atoms in total. The number of nitrogens with one attached hydrogen (secondary N) is 1. The monoisotopic (exact) mass is 360 g/mol. The predicted molar refractivity (Wildman–Crippen MR) is 96.9 cm³/mol. The van der Waals surface area contributed by atoms with Crippen molar-refractivity contribution in [1.82, 2.24) is 10.3 Å². The van der Waals surface area contributed by atoms with Gasteiger partial charge in [-0.25, -0.2) is 4.98 Å². The highest BCUT2D eigenvalue weighted by Gasteiger charge is 2.27. The van der Waals surface area contributed by atoms with Crippen molar-refractivity contribution in [1.29, 1.82) is 0 Å². The number of nitro groups is 1. The summed E-state index contributed by atoms with van der Waals surface area (Å²) >= 11 is 1.59. The summed E-state index contributed by atoms with van der Waals surface area (Å²) in [5.41, 5.74) is 0.754. The molecule has 2 aromatic rings. The molecule has 0 unspecified atom stereocenters. The van der Waals surface area contributed by atoms with Crippen LogP contribution in [-0.4, -0.2) is 35.4 Å². The number of rotatable bonds is 6. The number of amides is 1. The van der Waals surface area contributed by atoms with E-state index in [1.165, 1.54) is 6.07 Å². The van der Waals surface area contributed by atoms with Crippen molar-refractivity contribution in [3.63, 3.8) is 0 Å². The zero-order valence-electron chi connectivity index (χ0n) is 13.8. The number of aromatic nitrogens is 1. The van der Waals surface area contributed by atoms with Crippen LogP contribution in [-0.2, 0) is 11.2 Å². The van der Waals surface area contributed by atoms with Gasteiger partial charge in [0.05, 0.1) is 9.93 Å². The van der Waals surface area contributed by atoms with E-state index in [-0.39, 0.29) is 22.4 Å². The van der Waals surface area contributed by atoms with Crippen LogP contribution in [0.25, 0.3) is 0 Å². The van der Waals surface area contributed by atoms with E-state index in [4.69, 9.17) is 0 Å². The molecule has 8 heteroatoms. The van der Waals surface area contributed by atoms with Gasteiger partial charge in [-0.3, -0.25) is 14.9 Å². The summed E-state index contributed by atoms with van der Waals surface area (Å²) in [5, 5.41) is 17.1. The van der Waals surface area contributed by atoms with E-state index in [1.807, 2.05) is 10.3 Å². The normalized spacial score (nSPS) is 15.1. The zero-order chi connectivity index (χ0) is 17.6. The molecule has 1 aromatic heterocycles. The van der Waals surface area contributed by atoms with Crippen molar-refractivity contribution in [3.05, 3.63) is 51.0 Å². The van der Waals surface area contributed by atoms with E-state index in [9.17, 15) is 14.9 Å². The number of nitro benzene ring substituents is 1. The predicted octanol–water partition coefficient (Wildman–Crippen LogP) is 2.63. The first-order chi connectivity index (χ1) is 12.1. The fraction of sp³-hybridized carbons (Fsp3) is 0.412. The van der Waals surface area contributed by atoms with Crippen molar-refractivity contribution in [2.45, 2.75) is 19.3 Å². The number of nitrogens with zero attached hydrogens (tertiary/aromatic N) is 3. The van der Waals surface area contributed by atoms with Crippen molar-refractivity contribution in [3.8, 4) is 0 Å². The molecule has 3 rings (SSSR count). The van der Waals surface area contributed by atoms with Crippen molar-refractivity contribution >= 4 is 28.6 Å². The quantitative estimate of drug-likeness (QED) is 0.632. The molecular formula is C17H20N4O3S. The van der Waals surface area contributed by atoms with Crippen LogP contribution in [0.15, 0.2) is 35.8 Å². The molecule has 1 N–H and O–H groups in total. The molecule has 2 heterocycles. The van der Waals surface area contributed by atoms with Gasteiger partial charge in [0.2, 0.25) is 5.91 Å². The lowest BCUT2D eigenvalue weighted by atomic mass is 9.95. The van der Waals surface area contributed by atoms with Crippen LogP contribution in [0.5, 0.6) is 0 Å². The van der Waals surface area contributed by atoms with E-state index in [0.29, 0.717) is 38.2 Å². The number of carbonyl (C=O) groups is 1. The minimum absolute atomic E-state index is 0.0321. The van der Waals surface area contributed by atoms with Crippen LogP contribution < -0.4 is 10.2 Å². The Morgan fingerprint density at radius 3 is 2.80 bits per heavy atom. The van der Waals surface area contributed by atoms with Gasteiger partial charge in [0.15, 0.2) is 0 Å². The average molecular weight is 360 g/mol. The lowest BCUT2D eigenvalue weighted by Crippen LogP contribution is -2.41. The van der Waals surface area contributed by atoms with Crippen LogP contribution in [0.4, 0.5) is 11.4 Å². The van der Waals surface area contributed by atoms with Crippen LogP contribution in [0.1, 0.15) is 17.8 Å². The minimum Gasteiger partial charge on any atom is -0.366 e. The molecular weight excluding hydrogens is 340 g/mol. The molecule has 1 aromatic carbocycles. The van der Waals surface area contributed by atoms with Crippen LogP contribution in [0, 0.1) is 16.0 Å². The van der Waals surface area contributed by atoms with E-state index >= 15 is 0 Å². The number of benzene rings is 1. The Bertz CT molecular complexity index is 727. The third-order valence-corrected chi connectivity index (χ3v) is 5.25. The molecule has 1 aliphatic heterocycles. The molecule has 1 aliphatic rings. The first-order valence-electron chi connectivity index (χ1n) is 8.29. The number of carbonyl (C=O) groups excluding carboxylic acids is 1. The zero-order valence-corrected chi connectivity index (χ0v) is 14.6. The Kier molecular flexibility index (Phi) is 5.60. The number of hydrogen-bond acceptors (Lipinski definition) is 6. The van der Waals surface area contributed by atoms with Gasteiger partial charge in [0.25, 0.3) is 5.69 Å². The topological polar surface area (TPSA) is 88.4 Å². The highest BCUT2D eigenvalue weighted by molar-refractivity contribution is 7.09. The summed E-state index contributed by atoms with van der Waals surface area (Å²) in [5.74, 6) is 0.0362. The number of para-hydroxylation sites is 2. The van der Waals surface area contributed by atoms with Crippen LogP contribution in [0.3, 0.4) is 0 Å². The largest absolute Gasteiger partial charge is 0.366 e. The Labute approximate surface area is 149 Å². The Morgan fingerprint density at radius 1 is 1.36 bits per heavy atom. The smallest absolute Gasteiger partial charge is 0.292 e. The van der Waals surface area contributed by atoms with Crippen molar-refractivity contribution in [2.75, 3.05) is 24.5 Å². The fourth-order valence-electron chi connectivity index (χ4n) is 3.08. The summed E-state index contributed by atoms with van der Waals surface area (Å²) in [4.78, 5) is 29.3. The van der Waals surface area contributed by atoms with Crippen LogP contribution >= 0.6 is 11.3 Å². The maximum atomic E-state index is 12.3. The van der Waals surface area contributed by atoms with Gasteiger partial charge in [-0.15, -0.1) is 11.3 Å². The van der Waals surface area contributed by atoms with Gasteiger partial charge < -0.3 is 10.2 Å². The Morgan fingerprint density at radius 2 is 2.12 bits per heavy atom. The molecule has 25 heavy (non-hydrogen) atoms. The summed E-state index contributed by atoms with van der Waals surface area (Å²) in [6, 6.07) is 6.77. The molecule has 0 saturated carbocycles. The first-order valence-corrected chi connectivity index (χ1v) is 9.17. The van der Waals surface area contributed by atoms with Crippen molar-refractivity contribution in [2.24, 2.45) is 5.92 Å². The molecule has 0 bridgehead atoms. The molecule has 1 saturated heterocycles. The lowest BCUT2D eigenvalue weighted by molar-refractivity contribution is -0.384. The number of hydrogen-bond donors (Lipinski definition) is 1. The second-order valence-corrected chi connectivity index (χ2v) is 6.95. The maximum Gasteiger partial charge on any atom is 0.292 e. The average Bonchev–Trinajstić information content (AvgIpc) is 3.15. The number of piperidine rings is 1. The highest BCUT2D eigenvalue weighted by atomic mass is 32.1.